The number of nitrogens with zero attached hydrogens (tertiary/aromatic N) is 1. The van der Waals surface area contributed by atoms with Gasteiger partial charge < -0.3 is 10.1 Å². The summed E-state index contributed by atoms with van der Waals surface area (Å²) in [5, 5.41) is 3.10. The average molecular weight is 284 g/mol. The number of methoxy groups -OCH3 is 1. The molecule has 0 radical (unpaired) electrons. The van der Waals surface area contributed by atoms with Gasteiger partial charge in [-0.2, -0.15) is 0 Å². The summed E-state index contributed by atoms with van der Waals surface area (Å²) in [5.74, 6) is -2.67. The Balaban J connectivity index is 2.08. The van der Waals surface area contributed by atoms with E-state index < -0.39 is 11.9 Å². The smallest absolute Gasteiger partial charge is 0.341 e. The highest BCUT2D eigenvalue weighted by atomic mass is 19.3. The minimum absolute atomic E-state index is 0.0722. The molecule has 1 aromatic rings. The molecule has 1 saturated carbocycles. The molecule has 1 fully saturated rings. The zero-order chi connectivity index (χ0) is 14.6. The van der Waals surface area contributed by atoms with Gasteiger partial charge in [0.2, 0.25) is 5.92 Å². The van der Waals surface area contributed by atoms with Crippen LogP contribution in [0.4, 0.5) is 14.6 Å². The summed E-state index contributed by atoms with van der Waals surface area (Å²) in [4.78, 5) is 15.7. The number of aromatic nitrogens is 1. The zero-order valence-electron chi connectivity index (χ0n) is 11.4. The number of hydrogen-bond donors (Lipinski definition) is 1. The Morgan fingerprint density at radius 3 is 3.00 bits per heavy atom. The molecule has 0 amide bonds. The van der Waals surface area contributed by atoms with Gasteiger partial charge in [-0.15, -0.1) is 0 Å². The summed E-state index contributed by atoms with van der Waals surface area (Å²) in [6.45, 7) is 0. The monoisotopic (exact) mass is 284 g/mol. The van der Waals surface area contributed by atoms with Crippen LogP contribution in [0.3, 0.4) is 0 Å². The minimum atomic E-state index is -2.58. The van der Waals surface area contributed by atoms with Gasteiger partial charge >= 0.3 is 5.97 Å². The van der Waals surface area contributed by atoms with Crippen molar-refractivity contribution < 1.29 is 18.3 Å². The lowest BCUT2D eigenvalue weighted by atomic mass is 10.1. The van der Waals surface area contributed by atoms with Gasteiger partial charge in [-0.05, 0) is 31.4 Å². The van der Waals surface area contributed by atoms with Crippen molar-refractivity contribution in [3.05, 3.63) is 23.9 Å². The maximum atomic E-state index is 13.3. The summed E-state index contributed by atoms with van der Waals surface area (Å²) in [6, 6.07) is 3.15. The quantitative estimate of drug-likeness (QED) is 0.684. The van der Waals surface area contributed by atoms with Crippen molar-refractivity contribution in [2.45, 2.75) is 44.1 Å². The molecular weight excluding hydrogens is 266 g/mol. The first kappa shape index (κ1) is 14.7. The first-order valence-electron chi connectivity index (χ1n) is 6.69. The third kappa shape index (κ3) is 3.65. The lowest BCUT2D eigenvalue weighted by molar-refractivity contribution is -0.0140. The lowest BCUT2D eigenvalue weighted by Crippen LogP contribution is -2.22. The van der Waals surface area contributed by atoms with Crippen LogP contribution in [0.15, 0.2) is 18.3 Å². The van der Waals surface area contributed by atoms with Crippen molar-refractivity contribution in [3.8, 4) is 0 Å². The van der Waals surface area contributed by atoms with Crippen LogP contribution in [0.5, 0.6) is 0 Å². The normalized spacial score (nSPS) is 21.9. The van der Waals surface area contributed by atoms with E-state index in [1.54, 1.807) is 18.3 Å². The number of carbonyl (C=O) groups is 1. The predicted molar refractivity (Wildman–Crippen MR) is 71.0 cm³/mol. The Hall–Kier alpha value is -1.72. The number of esters is 1. The van der Waals surface area contributed by atoms with Gasteiger partial charge in [0, 0.05) is 25.1 Å². The number of alkyl halides is 2. The number of halogens is 2. The van der Waals surface area contributed by atoms with Crippen molar-refractivity contribution in [1.82, 2.24) is 4.98 Å². The highest BCUT2D eigenvalue weighted by molar-refractivity contribution is 5.94. The molecular formula is C14H18F2N2O2. The summed E-state index contributed by atoms with van der Waals surface area (Å²) in [7, 11) is 1.30. The van der Waals surface area contributed by atoms with Crippen LogP contribution in [0, 0.1) is 0 Å². The van der Waals surface area contributed by atoms with Crippen molar-refractivity contribution >= 4 is 11.8 Å². The first-order chi connectivity index (χ1) is 9.52. The topological polar surface area (TPSA) is 51.2 Å². The molecule has 6 heteroatoms. The Bertz CT molecular complexity index is 480. The van der Waals surface area contributed by atoms with E-state index in [1.807, 2.05) is 0 Å². The summed E-state index contributed by atoms with van der Waals surface area (Å²) < 4.78 is 31.3. The second kappa shape index (κ2) is 6.15. The van der Waals surface area contributed by atoms with Gasteiger partial charge in [-0.1, -0.05) is 0 Å². The minimum Gasteiger partial charge on any atom is -0.465 e. The Morgan fingerprint density at radius 2 is 2.25 bits per heavy atom. The van der Waals surface area contributed by atoms with Crippen molar-refractivity contribution in [1.29, 1.82) is 0 Å². The third-order valence-electron chi connectivity index (χ3n) is 3.51. The molecule has 1 atom stereocenters. The van der Waals surface area contributed by atoms with Gasteiger partial charge in [0.1, 0.15) is 11.4 Å². The Morgan fingerprint density at radius 1 is 1.45 bits per heavy atom. The SMILES string of the molecule is COC(=O)c1cccnc1NC1CCCC(F)(F)CC1. The highest BCUT2D eigenvalue weighted by Gasteiger charge is 2.32. The zero-order valence-corrected chi connectivity index (χ0v) is 11.4. The second-order valence-corrected chi connectivity index (χ2v) is 5.02. The largest absolute Gasteiger partial charge is 0.465 e. The van der Waals surface area contributed by atoms with Crippen LogP contribution in [0.2, 0.25) is 0 Å². The Kier molecular flexibility index (Phi) is 4.52. The van der Waals surface area contributed by atoms with E-state index in [0.717, 1.165) is 0 Å². The van der Waals surface area contributed by atoms with E-state index in [4.69, 9.17) is 0 Å². The molecule has 0 saturated heterocycles. The standard InChI is InChI=1S/C14H18F2N2O2/c1-20-13(19)11-5-3-9-17-12(11)18-10-4-2-7-14(15,16)8-6-10/h3,5,9-10H,2,4,6-8H2,1H3,(H,17,18). The number of carbonyl (C=O) groups excluding carboxylic acids is 1. The average Bonchev–Trinajstić information content (AvgIpc) is 2.60. The van der Waals surface area contributed by atoms with Crippen LogP contribution < -0.4 is 5.32 Å². The van der Waals surface area contributed by atoms with Gasteiger partial charge in [0.15, 0.2) is 0 Å². The molecule has 1 heterocycles. The molecule has 1 N–H and O–H groups in total. The molecule has 4 nitrogen and oxygen atoms in total. The molecule has 2 rings (SSSR count). The number of pyridine rings is 1. The number of nitrogens with one attached hydrogen (secondary N) is 1. The lowest BCUT2D eigenvalue weighted by Gasteiger charge is -2.18. The fourth-order valence-corrected chi connectivity index (χ4v) is 2.39. The molecule has 0 bridgehead atoms. The molecule has 20 heavy (non-hydrogen) atoms. The highest BCUT2D eigenvalue weighted by Crippen LogP contribution is 2.33. The fraction of sp³-hybridized carbons (Fsp3) is 0.571. The fourth-order valence-electron chi connectivity index (χ4n) is 2.39. The number of rotatable bonds is 3. The molecule has 0 spiro atoms. The number of hydrogen-bond acceptors (Lipinski definition) is 4. The van der Waals surface area contributed by atoms with Crippen molar-refractivity contribution in [3.63, 3.8) is 0 Å². The maximum absolute atomic E-state index is 13.3. The molecule has 0 aliphatic heterocycles. The molecule has 1 aliphatic rings. The molecule has 0 aromatic carbocycles. The van der Waals surface area contributed by atoms with Gasteiger partial charge in [-0.3, -0.25) is 0 Å². The van der Waals surface area contributed by atoms with Gasteiger partial charge in [0.25, 0.3) is 0 Å². The van der Waals surface area contributed by atoms with Crippen LogP contribution in [-0.2, 0) is 4.74 Å². The van der Waals surface area contributed by atoms with E-state index in [0.29, 0.717) is 30.6 Å². The molecule has 110 valence electrons. The number of ether oxygens (including phenoxy) is 1. The Labute approximate surface area is 116 Å². The van der Waals surface area contributed by atoms with E-state index in [9.17, 15) is 13.6 Å². The summed E-state index contributed by atoms with van der Waals surface area (Å²) in [6.07, 6.45) is 2.82. The van der Waals surface area contributed by atoms with Crippen molar-refractivity contribution in [2.75, 3.05) is 12.4 Å². The van der Waals surface area contributed by atoms with Gasteiger partial charge in [-0.25, -0.2) is 18.6 Å². The van der Waals surface area contributed by atoms with E-state index in [2.05, 4.69) is 15.0 Å². The van der Waals surface area contributed by atoms with Crippen molar-refractivity contribution in [2.24, 2.45) is 0 Å². The number of anilines is 1. The molecule has 1 unspecified atom stereocenters. The first-order valence-corrected chi connectivity index (χ1v) is 6.69. The third-order valence-corrected chi connectivity index (χ3v) is 3.51. The van der Waals surface area contributed by atoms with Crippen LogP contribution >= 0.6 is 0 Å². The van der Waals surface area contributed by atoms with E-state index >= 15 is 0 Å². The van der Waals surface area contributed by atoms with E-state index in [-0.39, 0.29) is 18.9 Å². The van der Waals surface area contributed by atoms with E-state index in [1.165, 1.54) is 7.11 Å². The van der Waals surface area contributed by atoms with Crippen LogP contribution in [0.25, 0.3) is 0 Å². The summed E-state index contributed by atoms with van der Waals surface area (Å²) >= 11 is 0. The van der Waals surface area contributed by atoms with Crippen LogP contribution in [0.1, 0.15) is 42.5 Å². The second-order valence-electron chi connectivity index (χ2n) is 5.02. The molecule has 1 aromatic heterocycles. The summed E-state index contributed by atoms with van der Waals surface area (Å²) in [5.41, 5.74) is 0.325. The molecule has 1 aliphatic carbocycles. The van der Waals surface area contributed by atoms with Crippen LogP contribution in [-0.4, -0.2) is 30.0 Å². The van der Waals surface area contributed by atoms with Gasteiger partial charge in [0.05, 0.1) is 7.11 Å². The predicted octanol–water partition coefficient (Wildman–Crippen LogP) is 3.25. The maximum Gasteiger partial charge on any atom is 0.341 e.